The van der Waals surface area contributed by atoms with Gasteiger partial charge >= 0.3 is 0 Å². The Morgan fingerprint density at radius 3 is 2.62 bits per heavy atom. The molecule has 0 fully saturated rings. The number of nitrogen functional groups attached to an aromatic ring is 1. The van der Waals surface area contributed by atoms with Crippen LogP contribution in [0.25, 0.3) is 0 Å². The van der Waals surface area contributed by atoms with Crippen LogP contribution in [0.5, 0.6) is 0 Å². The van der Waals surface area contributed by atoms with E-state index in [0.717, 1.165) is 14.8 Å². The Labute approximate surface area is 90.3 Å². The van der Waals surface area contributed by atoms with Crippen LogP contribution in [0.4, 0.5) is 5.69 Å². The van der Waals surface area contributed by atoms with Crippen LogP contribution < -0.4 is 17.2 Å². The molecular formula is C8H11IN4. The number of anilines is 1. The first-order valence-electron chi connectivity index (χ1n) is 3.69. The largest absolute Gasteiger partial charge is 0.398 e. The first-order valence-corrected chi connectivity index (χ1v) is 4.77. The van der Waals surface area contributed by atoms with E-state index < -0.39 is 0 Å². The molecule has 0 unspecified atom stereocenters. The van der Waals surface area contributed by atoms with Crippen LogP contribution >= 0.6 is 22.6 Å². The zero-order valence-corrected chi connectivity index (χ0v) is 9.15. The Hall–Kier alpha value is -0.980. The molecule has 0 aliphatic rings. The first kappa shape index (κ1) is 10.1. The number of nitrogens with zero attached hydrogens (tertiary/aromatic N) is 1. The third kappa shape index (κ3) is 3.10. The molecule has 0 aliphatic heterocycles. The summed E-state index contributed by atoms with van der Waals surface area (Å²) in [5, 5.41) is 0. The fourth-order valence-corrected chi connectivity index (χ4v) is 1.43. The second-order valence-electron chi connectivity index (χ2n) is 2.60. The van der Waals surface area contributed by atoms with Gasteiger partial charge in [-0.1, -0.05) is 6.07 Å². The van der Waals surface area contributed by atoms with Gasteiger partial charge in [0, 0.05) is 9.26 Å². The molecule has 70 valence electrons. The van der Waals surface area contributed by atoms with Crippen molar-refractivity contribution < 1.29 is 0 Å². The molecule has 13 heavy (non-hydrogen) atoms. The Bertz CT molecular complexity index is 331. The molecule has 0 atom stereocenters. The molecule has 0 heterocycles. The van der Waals surface area contributed by atoms with Gasteiger partial charge in [-0.3, -0.25) is 0 Å². The smallest absolute Gasteiger partial charge is 0.186 e. The summed E-state index contributed by atoms with van der Waals surface area (Å²) in [6, 6.07) is 5.71. The summed E-state index contributed by atoms with van der Waals surface area (Å²) in [6.45, 7) is 0.499. The van der Waals surface area contributed by atoms with Crippen molar-refractivity contribution in [2.24, 2.45) is 16.5 Å². The third-order valence-corrected chi connectivity index (χ3v) is 2.44. The minimum absolute atomic E-state index is 0.104. The molecule has 4 nitrogen and oxygen atoms in total. The molecule has 6 N–H and O–H groups in total. The van der Waals surface area contributed by atoms with Crippen molar-refractivity contribution in [3.8, 4) is 0 Å². The lowest BCUT2D eigenvalue weighted by Crippen LogP contribution is -2.22. The second-order valence-corrected chi connectivity index (χ2v) is 3.76. The summed E-state index contributed by atoms with van der Waals surface area (Å²) in [7, 11) is 0. The molecular weight excluding hydrogens is 277 g/mol. The molecule has 0 radical (unpaired) electrons. The van der Waals surface area contributed by atoms with E-state index in [4.69, 9.17) is 17.2 Å². The van der Waals surface area contributed by atoms with Crippen LogP contribution in [-0.4, -0.2) is 5.96 Å². The van der Waals surface area contributed by atoms with Gasteiger partial charge in [0.1, 0.15) is 0 Å². The van der Waals surface area contributed by atoms with Gasteiger partial charge in [-0.15, -0.1) is 0 Å². The summed E-state index contributed by atoms with van der Waals surface area (Å²) in [6.07, 6.45) is 0. The van der Waals surface area contributed by atoms with E-state index in [0.29, 0.717) is 6.54 Å². The molecule has 0 bridgehead atoms. The van der Waals surface area contributed by atoms with Crippen molar-refractivity contribution in [3.63, 3.8) is 0 Å². The lowest BCUT2D eigenvalue weighted by molar-refractivity contribution is 1.05. The fraction of sp³-hybridized carbons (Fsp3) is 0.125. The van der Waals surface area contributed by atoms with Gasteiger partial charge in [0.2, 0.25) is 0 Å². The van der Waals surface area contributed by atoms with E-state index >= 15 is 0 Å². The fourth-order valence-electron chi connectivity index (χ4n) is 0.852. The molecule has 1 aromatic carbocycles. The summed E-state index contributed by atoms with van der Waals surface area (Å²) in [5.41, 5.74) is 17.9. The Kier molecular flexibility index (Phi) is 3.35. The van der Waals surface area contributed by atoms with E-state index in [9.17, 15) is 0 Å². The van der Waals surface area contributed by atoms with Crippen LogP contribution in [0.15, 0.2) is 23.2 Å². The average Bonchev–Trinajstić information content (AvgIpc) is 2.07. The SMILES string of the molecule is NC(N)=NCc1ccc(N)c([125I])c1. The van der Waals surface area contributed by atoms with Crippen molar-refractivity contribution in [2.75, 3.05) is 5.73 Å². The van der Waals surface area contributed by atoms with E-state index in [1.165, 1.54) is 0 Å². The number of benzene rings is 1. The molecule has 0 saturated heterocycles. The summed E-state index contributed by atoms with van der Waals surface area (Å²) >= 11 is 2.17. The maximum Gasteiger partial charge on any atom is 0.186 e. The molecule has 5 heteroatoms. The highest BCUT2D eigenvalue weighted by molar-refractivity contribution is 14.1. The standard InChI is InChI=1S/C8H11IN4/c9-6-3-5(1-2-7(6)10)4-13-8(11)12/h1-3H,4,10H2,(H4,11,12,13)/i9-2. The van der Waals surface area contributed by atoms with Gasteiger partial charge in [0.05, 0.1) is 6.54 Å². The number of guanidine groups is 1. The lowest BCUT2D eigenvalue weighted by atomic mass is 10.2. The van der Waals surface area contributed by atoms with Crippen LogP contribution in [0, 0.1) is 3.57 Å². The van der Waals surface area contributed by atoms with Crippen molar-refractivity contribution >= 4 is 34.2 Å². The van der Waals surface area contributed by atoms with Crippen LogP contribution in [0.1, 0.15) is 5.56 Å². The van der Waals surface area contributed by atoms with E-state index in [1.54, 1.807) is 0 Å². The normalized spacial score (nSPS) is 9.62. The Morgan fingerprint density at radius 2 is 2.08 bits per heavy atom. The van der Waals surface area contributed by atoms with Crippen LogP contribution in [0.2, 0.25) is 0 Å². The van der Waals surface area contributed by atoms with Gasteiger partial charge < -0.3 is 17.2 Å². The number of hydrogen-bond donors (Lipinski definition) is 3. The van der Waals surface area contributed by atoms with Gasteiger partial charge in [0.15, 0.2) is 5.96 Å². The second kappa shape index (κ2) is 4.31. The first-order chi connectivity index (χ1) is 6.09. The molecule has 0 saturated carbocycles. The molecule has 0 aliphatic carbocycles. The van der Waals surface area contributed by atoms with E-state index in [1.807, 2.05) is 18.2 Å². The van der Waals surface area contributed by atoms with Crippen molar-refractivity contribution in [1.29, 1.82) is 0 Å². The average molecular weight is 288 g/mol. The summed E-state index contributed by atoms with van der Waals surface area (Å²) in [5.74, 6) is 0.104. The van der Waals surface area contributed by atoms with Gasteiger partial charge in [-0.2, -0.15) is 0 Å². The predicted molar refractivity (Wildman–Crippen MR) is 63.1 cm³/mol. The molecule has 1 aromatic rings. The molecule has 0 amide bonds. The number of aliphatic imine (C=N–C) groups is 1. The van der Waals surface area contributed by atoms with E-state index in [-0.39, 0.29) is 5.96 Å². The molecule has 0 aromatic heterocycles. The lowest BCUT2D eigenvalue weighted by Gasteiger charge is -2.01. The van der Waals surface area contributed by atoms with E-state index in [2.05, 4.69) is 27.6 Å². The number of rotatable bonds is 2. The molecule has 0 spiro atoms. The van der Waals surface area contributed by atoms with Gasteiger partial charge in [0.25, 0.3) is 0 Å². The van der Waals surface area contributed by atoms with Crippen LogP contribution in [-0.2, 0) is 6.54 Å². The van der Waals surface area contributed by atoms with Crippen molar-refractivity contribution in [1.82, 2.24) is 0 Å². The topological polar surface area (TPSA) is 90.4 Å². The Balaban J connectivity index is 2.80. The number of halogens is 1. The van der Waals surface area contributed by atoms with Crippen LogP contribution in [0.3, 0.4) is 0 Å². The van der Waals surface area contributed by atoms with Crippen molar-refractivity contribution in [2.45, 2.75) is 6.54 Å². The monoisotopic (exact) mass is 288 g/mol. The molecule has 1 rings (SSSR count). The highest BCUT2D eigenvalue weighted by atomic mass is 125. The third-order valence-electron chi connectivity index (χ3n) is 1.51. The Morgan fingerprint density at radius 1 is 1.38 bits per heavy atom. The maximum atomic E-state index is 5.65. The predicted octanol–water partition coefficient (Wildman–Crippen LogP) is 0.647. The highest BCUT2D eigenvalue weighted by Gasteiger charge is 1.96. The van der Waals surface area contributed by atoms with Gasteiger partial charge in [-0.25, -0.2) is 4.99 Å². The number of hydrogen-bond acceptors (Lipinski definition) is 2. The summed E-state index contributed by atoms with van der Waals surface area (Å²) < 4.78 is 1.01. The minimum atomic E-state index is 0.104. The van der Waals surface area contributed by atoms with Gasteiger partial charge in [-0.05, 0) is 40.3 Å². The zero-order valence-electron chi connectivity index (χ0n) is 7.00. The maximum absolute atomic E-state index is 5.65. The minimum Gasteiger partial charge on any atom is -0.398 e. The highest BCUT2D eigenvalue weighted by Crippen LogP contribution is 2.16. The summed E-state index contributed by atoms with van der Waals surface area (Å²) in [4.78, 5) is 3.89. The van der Waals surface area contributed by atoms with Crippen molar-refractivity contribution in [3.05, 3.63) is 27.3 Å². The quantitative estimate of drug-likeness (QED) is 0.323. The number of nitrogens with two attached hydrogens (primary N) is 3. The zero-order chi connectivity index (χ0) is 9.84.